The van der Waals surface area contributed by atoms with Crippen molar-refractivity contribution >= 4 is 39.5 Å². The molecule has 0 aromatic heterocycles. The van der Waals surface area contributed by atoms with E-state index in [9.17, 15) is 0 Å². The highest BCUT2D eigenvalue weighted by molar-refractivity contribution is 9.10. The lowest BCUT2D eigenvalue weighted by Crippen LogP contribution is -2.09. The molecule has 110 valence electrons. The summed E-state index contributed by atoms with van der Waals surface area (Å²) in [6.07, 6.45) is 1.79. The van der Waals surface area contributed by atoms with Crippen LogP contribution in [-0.2, 0) is 22.2 Å². The van der Waals surface area contributed by atoms with Gasteiger partial charge in [-0.15, -0.1) is 0 Å². The van der Waals surface area contributed by atoms with Crippen molar-refractivity contribution in [2.24, 2.45) is 0 Å². The Morgan fingerprint density at radius 1 is 0.762 bits per heavy atom. The highest BCUT2D eigenvalue weighted by Gasteiger charge is 1.98. The second-order valence-electron chi connectivity index (χ2n) is 4.69. The highest BCUT2D eigenvalue weighted by atomic mass is 79.9. The number of halogens is 2. The molecule has 0 radical (unpaired) electrons. The minimum Gasteiger partial charge on any atom is -0.414 e. The molecule has 0 amide bonds. The van der Waals surface area contributed by atoms with E-state index in [0.717, 1.165) is 21.8 Å². The third-order valence-electron chi connectivity index (χ3n) is 3.01. The van der Waals surface area contributed by atoms with E-state index in [2.05, 4.69) is 56.1 Å². The van der Waals surface area contributed by atoms with E-state index in [1.807, 2.05) is 24.3 Å². The van der Waals surface area contributed by atoms with E-state index in [0.29, 0.717) is 20.9 Å². The zero-order chi connectivity index (χ0) is 14.9. The Balaban J connectivity index is 1.54. The molecule has 0 bridgehead atoms. The monoisotopic (exact) mass is 410 g/mol. The Morgan fingerprint density at radius 3 is 1.67 bits per heavy atom. The van der Waals surface area contributed by atoms with E-state index >= 15 is 0 Å². The van der Waals surface area contributed by atoms with Gasteiger partial charge in [-0.1, -0.05) is 56.1 Å². The molecule has 2 nitrogen and oxygen atoms in total. The van der Waals surface area contributed by atoms with Crippen molar-refractivity contribution in [3.8, 4) is 0 Å². The molecule has 2 aromatic rings. The maximum absolute atomic E-state index is 5.49. The van der Waals surface area contributed by atoms with Crippen molar-refractivity contribution in [1.29, 1.82) is 0 Å². The molecule has 2 rings (SSSR count). The molecule has 0 atom stereocenters. The van der Waals surface area contributed by atoms with Gasteiger partial charge in [0.1, 0.15) is 0 Å². The summed E-state index contributed by atoms with van der Waals surface area (Å²) < 4.78 is 13.2. The lowest BCUT2D eigenvalue weighted by atomic mass is 10.1. The van der Waals surface area contributed by atoms with Crippen molar-refractivity contribution in [3.63, 3.8) is 0 Å². The van der Waals surface area contributed by atoms with Crippen LogP contribution in [0.2, 0.25) is 0 Å². The van der Waals surface area contributed by atoms with Crippen LogP contribution in [0.3, 0.4) is 0 Å². The van der Waals surface area contributed by atoms with Crippen LogP contribution >= 0.6 is 31.9 Å². The summed E-state index contributed by atoms with van der Waals surface area (Å²) in [5.41, 5.74) is 2.53. The summed E-state index contributed by atoms with van der Waals surface area (Å²) in [4.78, 5) is 0. The van der Waals surface area contributed by atoms with Gasteiger partial charge in [-0.3, -0.25) is 0 Å². The molecule has 21 heavy (non-hydrogen) atoms. The number of hydrogen-bond donors (Lipinski definition) is 0. The maximum atomic E-state index is 5.49. The second-order valence-corrected chi connectivity index (χ2v) is 6.53. The molecule has 0 fully saturated rings. The summed E-state index contributed by atoms with van der Waals surface area (Å²) in [6.45, 7) is 1.35. The fraction of sp³-hybridized carbons (Fsp3) is 0.250. The lowest BCUT2D eigenvalue weighted by molar-refractivity contribution is 0.225. The zero-order valence-corrected chi connectivity index (χ0v) is 14.9. The molecule has 0 N–H and O–H groups in total. The van der Waals surface area contributed by atoms with Gasteiger partial charge >= 0.3 is 7.69 Å². The van der Waals surface area contributed by atoms with E-state index < -0.39 is 0 Å². The predicted octanol–water partition coefficient (Wildman–Crippen LogP) is 4.30. The molecule has 0 spiro atoms. The van der Waals surface area contributed by atoms with Crippen molar-refractivity contribution in [1.82, 2.24) is 0 Å². The molecule has 0 aliphatic carbocycles. The molecule has 2 aromatic carbocycles. The summed E-state index contributed by atoms with van der Waals surface area (Å²) >= 11 is 6.93. The fourth-order valence-corrected chi connectivity index (χ4v) is 2.84. The van der Waals surface area contributed by atoms with Gasteiger partial charge < -0.3 is 9.31 Å². The Labute approximate surface area is 143 Å². The standard InChI is InChI=1S/C16H17BBr2O2/c18-15-5-1-3-13(11-15)7-9-20-17-21-10-8-14-4-2-6-16(19)12-14/h1-6,11-12,17H,7-10H2. The van der Waals surface area contributed by atoms with Crippen molar-refractivity contribution in [2.45, 2.75) is 12.8 Å². The molecule has 0 saturated heterocycles. The number of benzene rings is 2. The lowest BCUT2D eigenvalue weighted by Gasteiger charge is -2.06. The van der Waals surface area contributed by atoms with Gasteiger partial charge in [0, 0.05) is 22.2 Å². The predicted molar refractivity (Wildman–Crippen MR) is 94.7 cm³/mol. The molecular formula is C16H17BBr2O2. The Bertz CT molecular complexity index is 514. The van der Waals surface area contributed by atoms with Crippen LogP contribution in [0.1, 0.15) is 11.1 Å². The average Bonchev–Trinajstić information content (AvgIpc) is 2.46. The minimum atomic E-state index is 0.349. The third-order valence-corrected chi connectivity index (χ3v) is 4.00. The summed E-state index contributed by atoms with van der Waals surface area (Å²) in [6, 6.07) is 16.5. The average molecular weight is 412 g/mol. The van der Waals surface area contributed by atoms with Gasteiger partial charge in [0.15, 0.2) is 0 Å². The normalized spacial score (nSPS) is 10.6. The number of hydrogen-bond acceptors (Lipinski definition) is 2. The summed E-state index contributed by atoms with van der Waals surface area (Å²) in [5, 5.41) is 0. The van der Waals surface area contributed by atoms with Crippen molar-refractivity contribution < 1.29 is 9.31 Å². The minimum absolute atomic E-state index is 0.349. The van der Waals surface area contributed by atoms with E-state index in [1.54, 1.807) is 0 Å². The molecule has 0 unspecified atom stereocenters. The molecule has 0 aliphatic rings. The first kappa shape index (κ1) is 16.8. The van der Waals surface area contributed by atoms with Crippen molar-refractivity contribution in [3.05, 3.63) is 68.6 Å². The summed E-state index contributed by atoms with van der Waals surface area (Å²) in [7, 11) is 0.349. The van der Waals surface area contributed by atoms with Gasteiger partial charge in [0.05, 0.1) is 0 Å². The van der Waals surface area contributed by atoms with Gasteiger partial charge in [0.2, 0.25) is 0 Å². The molecular weight excluding hydrogens is 395 g/mol. The molecule has 0 saturated carbocycles. The Hall–Kier alpha value is -0.615. The van der Waals surface area contributed by atoms with E-state index in [4.69, 9.17) is 9.31 Å². The molecule has 0 heterocycles. The first-order valence-corrected chi connectivity index (χ1v) is 8.47. The maximum Gasteiger partial charge on any atom is 0.438 e. The van der Waals surface area contributed by atoms with Crippen LogP contribution in [-0.4, -0.2) is 20.9 Å². The van der Waals surface area contributed by atoms with Crippen LogP contribution in [0.25, 0.3) is 0 Å². The SMILES string of the molecule is Brc1cccc(CCOBOCCc2cccc(Br)c2)c1. The van der Waals surface area contributed by atoms with E-state index in [-0.39, 0.29) is 0 Å². The second kappa shape index (κ2) is 9.41. The van der Waals surface area contributed by atoms with Gasteiger partial charge in [-0.25, -0.2) is 0 Å². The van der Waals surface area contributed by atoms with Crippen LogP contribution < -0.4 is 0 Å². The van der Waals surface area contributed by atoms with Crippen LogP contribution in [0.5, 0.6) is 0 Å². The Morgan fingerprint density at radius 2 is 1.24 bits per heavy atom. The quantitative estimate of drug-likeness (QED) is 0.476. The van der Waals surface area contributed by atoms with Gasteiger partial charge in [0.25, 0.3) is 0 Å². The highest BCUT2D eigenvalue weighted by Crippen LogP contribution is 2.12. The molecule has 5 heteroatoms. The first-order valence-electron chi connectivity index (χ1n) is 6.88. The van der Waals surface area contributed by atoms with Crippen LogP contribution in [0, 0.1) is 0 Å². The third kappa shape index (κ3) is 6.79. The topological polar surface area (TPSA) is 18.5 Å². The smallest absolute Gasteiger partial charge is 0.414 e. The van der Waals surface area contributed by atoms with Gasteiger partial charge in [-0.05, 0) is 48.2 Å². The van der Waals surface area contributed by atoms with Crippen LogP contribution in [0.4, 0.5) is 0 Å². The number of rotatable bonds is 8. The fourth-order valence-electron chi connectivity index (χ4n) is 1.94. The Kier molecular flexibility index (Phi) is 7.51. The van der Waals surface area contributed by atoms with Crippen LogP contribution in [0.15, 0.2) is 57.5 Å². The zero-order valence-electron chi connectivity index (χ0n) is 11.7. The summed E-state index contributed by atoms with van der Waals surface area (Å²) in [5.74, 6) is 0. The van der Waals surface area contributed by atoms with Gasteiger partial charge in [-0.2, -0.15) is 0 Å². The largest absolute Gasteiger partial charge is 0.438 e. The van der Waals surface area contributed by atoms with Crippen molar-refractivity contribution in [2.75, 3.05) is 13.2 Å². The molecule has 0 aliphatic heterocycles. The first-order chi connectivity index (χ1) is 10.2. The van der Waals surface area contributed by atoms with E-state index in [1.165, 1.54) is 11.1 Å².